The van der Waals surface area contributed by atoms with E-state index in [0.717, 1.165) is 12.8 Å². The summed E-state index contributed by atoms with van der Waals surface area (Å²) in [5, 5.41) is 2.86. The van der Waals surface area contributed by atoms with Crippen molar-refractivity contribution in [3.63, 3.8) is 0 Å². The first-order chi connectivity index (χ1) is 6.01. The molecular formula is C11H17NO. The number of amides is 1. The third-order valence-electron chi connectivity index (χ3n) is 2.76. The predicted molar refractivity (Wildman–Crippen MR) is 52.9 cm³/mol. The maximum absolute atomic E-state index is 11.5. The monoisotopic (exact) mass is 179 g/mol. The van der Waals surface area contributed by atoms with E-state index >= 15 is 0 Å². The molecule has 2 atom stereocenters. The van der Waals surface area contributed by atoms with Crippen LogP contribution in [0.1, 0.15) is 33.6 Å². The summed E-state index contributed by atoms with van der Waals surface area (Å²) in [6.07, 6.45) is 7.04. The van der Waals surface area contributed by atoms with Crippen LogP contribution >= 0.6 is 0 Å². The highest BCUT2D eigenvalue weighted by Gasteiger charge is 2.50. The number of carbonyl (C=O) groups is 1. The number of hydrogen-bond donors (Lipinski definition) is 1. The number of terminal acetylenes is 1. The van der Waals surface area contributed by atoms with Gasteiger partial charge in [0.2, 0.25) is 5.91 Å². The van der Waals surface area contributed by atoms with Crippen LogP contribution in [0.15, 0.2) is 0 Å². The van der Waals surface area contributed by atoms with Gasteiger partial charge >= 0.3 is 0 Å². The van der Waals surface area contributed by atoms with Crippen LogP contribution in [0.3, 0.4) is 0 Å². The molecule has 2 heteroatoms. The summed E-state index contributed by atoms with van der Waals surface area (Å²) in [7, 11) is 0. The van der Waals surface area contributed by atoms with Gasteiger partial charge < -0.3 is 5.32 Å². The molecule has 72 valence electrons. The molecule has 0 aromatic rings. The zero-order valence-corrected chi connectivity index (χ0v) is 8.55. The molecule has 1 amide bonds. The molecule has 2 nitrogen and oxygen atoms in total. The fourth-order valence-corrected chi connectivity index (χ4v) is 1.45. The van der Waals surface area contributed by atoms with Crippen LogP contribution in [0.2, 0.25) is 0 Å². The Morgan fingerprint density at radius 3 is 2.62 bits per heavy atom. The van der Waals surface area contributed by atoms with E-state index in [1.54, 1.807) is 0 Å². The van der Waals surface area contributed by atoms with Crippen LogP contribution in [0, 0.1) is 23.7 Å². The molecule has 1 fully saturated rings. The van der Waals surface area contributed by atoms with Gasteiger partial charge in [0, 0.05) is 5.92 Å². The normalized spacial score (nSPS) is 25.8. The van der Waals surface area contributed by atoms with Crippen molar-refractivity contribution in [3.05, 3.63) is 0 Å². The Bertz CT molecular complexity index is 249. The second-order valence-corrected chi connectivity index (χ2v) is 4.38. The molecule has 0 aromatic heterocycles. The predicted octanol–water partition coefficient (Wildman–Crippen LogP) is 1.56. The van der Waals surface area contributed by atoms with Crippen LogP contribution in [-0.4, -0.2) is 11.9 Å². The van der Waals surface area contributed by atoms with Gasteiger partial charge in [0.05, 0.1) is 6.04 Å². The van der Waals surface area contributed by atoms with Gasteiger partial charge in [0.25, 0.3) is 0 Å². The third-order valence-corrected chi connectivity index (χ3v) is 2.76. The lowest BCUT2D eigenvalue weighted by Gasteiger charge is -2.11. The van der Waals surface area contributed by atoms with Gasteiger partial charge in [0.15, 0.2) is 0 Å². The summed E-state index contributed by atoms with van der Waals surface area (Å²) in [5.41, 5.74) is 0.191. The van der Waals surface area contributed by atoms with Crippen molar-refractivity contribution in [2.75, 3.05) is 0 Å². The van der Waals surface area contributed by atoms with Crippen molar-refractivity contribution >= 4 is 5.91 Å². The summed E-state index contributed by atoms with van der Waals surface area (Å²) < 4.78 is 0. The molecule has 0 saturated heterocycles. The molecule has 1 saturated carbocycles. The second-order valence-electron chi connectivity index (χ2n) is 4.38. The maximum atomic E-state index is 11.5. The maximum Gasteiger partial charge on any atom is 0.224 e. The lowest BCUT2D eigenvalue weighted by Crippen LogP contribution is -2.35. The van der Waals surface area contributed by atoms with Crippen molar-refractivity contribution in [2.24, 2.45) is 11.3 Å². The zero-order chi connectivity index (χ0) is 10.1. The minimum Gasteiger partial charge on any atom is -0.342 e. The molecule has 1 N–H and O–H groups in total. The smallest absolute Gasteiger partial charge is 0.224 e. The first-order valence-electron chi connectivity index (χ1n) is 4.77. The van der Waals surface area contributed by atoms with Crippen molar-refractivity contribution in [3.8, 4) is 12.3 Å². The number of hydrogen-bond acceptors (Lipinski definition) is 1. The molecule has 1 unspecified atom stereocenters. The largest absolute Gasteiger partial charge is 0.342 e. The Hall–Kier alpha value is -0.970. The standard InChI is InChI=1S/C11H17NO/c1-5-8(6-2)12-10(13)9-7-11(9,3)4/h1,8-9H,6-7H2,2-4H3,(H,12,13)/t8?,9-/m1/s1. The van der Waals surface area contributed by atoms with Crippen LogP contribution < -0.4 is 5.32 Å². The average molecular weight is 179 g/mol. The van der Waals surface area contributed by atoms with Gasteiger partial charge in [-0.1, -0.05) is 26.7 Å². The molecular weight excluding hydrogens is 162 g/mol. The van der Waals surface area contributed by atoms with Gasteiger partial charge in [-0.2, -0.15) is 0 Å². The van der Waals surface area contributed by atoms with Crippen molar-refractivity contribution in [1.29, 1.82) is 0 Å². The van der Waals surface area contributed by atoms with E-state index in [2.05, 4.69) is 25.1 Å². The topological polar surface area (TPSA) is 29.1 Å². The Kier molecular flexibility index (Phi) is 2.66. The minimum atomic E-state index is -0.0936. The van der Waals surface area contributed by atoms with E-state index in [9.17, 15) is 4.79 Å². The summed E-state index contributed by atoms with van der Waals surface area (Å²) in [4.78, 5) is 11.5. The van der Waals surface area contributed by atoms with Crippen LogP contribution in [0.4, 0.5) is 0 Å². The van der Waals surface area contributed by atoms with Crippen LogP contribution in [-0.2, 0) is 4.79 Å². The number of rotatable bonds is 3. The highest BCUT2D eigenvalue weighted by Crippen LogP contribution is 2.51. The fourth-order valence-electron chi connectivity index (χ4n) is 1.45. The molecule has 0 spiro atoms. The molecule has 0 aromatic carbocycles. The quantitative estimate of drug-likeness (QED) is 0.654. The van der Waals surface area contributed by atoms with E-state index in [1.807, 2.05) is 6.92 Å². The van der Waals surface area contributed by atoms with Crippen LogP contribution in [0.5, 0.6) is 0 Å². The summed E-state index contributed by atoms with van der Waals surface area (Å²) in [6.45, 7) is 6.19. The highest BCUT2D eigenvalue weighted by atomic mass is 16.2. The third kappa shape index (κ3) is 2.24. The summed E-state index contributed by atoms with van der Waals surface area (Å²) >= 11 is 0. The van der Waals surface area contributed by atoms with Crippen LogP contribution in [0.25, 0.3) is 0 Å². The van der Waals surface area contributed by atoms with Crippen molar-refractivity contribution in [1.82, 2.24) is 5.32 Å². The first-order valence-corrected chi connectivity index (χ1v) is 4.77. The van der Waals surface area contributed by atoms with Gasteiger partial charge in [-0.15, -0.1) is 6.42 Å². The van der Waals surface area contributed by atoms with E-state index in [1.165, 1.54) is 0 Å². The lowest BCUT2D eigenvalue weighted by molar-refractivity contribution is -0.123. The van der Waals surface area contributed by atoms with Gasteiger partial charge in [-0.3, -0.25) is 4.79 Å². The van der Waals surface area contributed by atoms with E-state index in [-0.39, 0.29) is 23.3 Å². The molecule has 0 aliphatic heterocycles. The Balaban J connectivity index is 2.40. The lowest BCUT2D eigenvalue weighted by atomic mass is 10.1. The van der Waals surface area contributed by atoms with Gasteiger partial charge in [-0.25, -0.2) is 0 Å². The van der Waals surface area contributed by atoms with Crippen molar-refractivity contribution in [2.45, 2.75) is 39.7 Å². The first kappa shape index (κ1) is 10.1. The van der Waals surface area contributed by atoms with E-state index < -0.39 is 0 Å². The molecule has 0 bridgehead atoms. The molecule has 1 aliphatic rings. The Labute approximate surface area is 80.1 Å². The van der Waals surface area contributed by atoms with Gasteiger partial charge in [-0.05, 0) is 18.3 Å². The molecule has 13 heavy (non-hydrogen) atoms. The van der Waals surface area contributed by atoms with Crippen molar-refractivity contribution < 1.29 is 4.79 Å². The minimum absolute atomic E-state index is 0.0936. The molecule has 1 rings (SSSR count). The van der Waals surface area contributed by atoms with E-state index in [4.69, 9.17) is 6.42 Å². The summed E-state index contributed by atoms with van der Waals surface area (Å²) in [6, 6.07) is -0.0936. The summed E-state index contributed by atoms with van der Waals surface area (Å²) in [5.74, 6) is 2.86. The van der Waals surface area contributed by atoms with Gasteiger partial charge in [0.1, 0.15) is 0 Å². The number of nitrogens with one attached hydrogen (secondary N) is 1. The molecule has 0 heterocycles. The van der Waals surface area contributed by atoms with E-state index in [0.29, 0.717) is 0 Å². The second kappa shape index (κ2) is 3.41. The number of carbonyl (C=O) groups excluding carboxylic acids is 1. The SMILES string of the molecule is C#CC(CC)NC(=O)[C@H]1CC1(C)C. The zero-order valence-electron chi connectivity index (χ0n) is 8.55. The Morgan fingerprint density at radius 2 is 2.31 bits per heavy atom. The fraction of sp³-hybridized carbons (Fsp3) is 0.727. The Morgan fingerprint density at radius 1 is 1.77 bits per heavy atom. The highest BCUT2D eigenvalue weighted by molar-refractivity contribution is 5.82. The molecule has 0 radical (unpaired) electrons. The average Bonchev–Trinajstić information content (AvgIpc) is 2.70. The molecule has 1 aliphatic carbocycles.